The number of carbonyl (C=O) groups is 1. The highest BCUT2D eigenvalue weighted by Gasteiger charge is 2.21. The van der Waals surface area contributed by atoms with Crippen LogP contribution < -0.4 is 0 Å². The molecule has 9 heavy (non-hydrogen) atoms. The Bertz CT molecular complexity index is 110. The molecule has 0 unspecified atom stereocenters. The Morgan fingerprint density at radius 1 is 1.78 bits per heavy atom. The maximum Gasteiger partial charge on any atom is 0.108 e. The summed E-state index contributed by atoms with van der Waals surface area (Å²) in [6.45, 7) is 3.66. The van der Waals surface area contributed by atoms with E-state index in [4.69, 9.17) is 4.74 Å². The first-order chi connectivity index (χ1) is 4.33. The summed E-state index contributed by atoms with van der Waals surface area (Å²) in [7, 11) is -0.417. The standard InChI is InChI=1S/C6H12O2Si/c1-2-6(7)9-5-3-8-4-5/h5H,2-4,9H2,1H3. The van der Waals surface area contributed by atoms with Crippen molar-refractivity contribution in [2.45, 2.75) is 18.9 Å². The van der Waals surface area contributed by atoms with Crippen LogP contribution >= 0.6 is 0 Å². The monoisotopic (exact) mass is 144 g/mol. The van der Waals surface area contributed by atoms with E-state index in [-0.39, 0.29) is 0 Å². The summed E-state index contributed by atoms with van der Waals surface area (Å²) in [5, 5.41) is 0.503. The van der Waals surface area contributed by atoms with Crippen LogP contribution in [0.4, 0.5) is 0 Å². The van der Waals surface area contributed by atoms with E-state index in [0.29, 0.717) is 10.9 Å². The second-order valence-corrected chi connectivity index (χ2v) is 4.85. The summed E-state index contributed by atoms with van der Waals surface area (Å²) in [5.41, 5.74) is 0.678. The minimum atomic E-state index is -0.417. The van der Waals surface area contributed by atoms with Crippen LogP contribution in [0.2, 0.25) is 5.54 Å². The first-order valence-electron chi connectivity index (χ1n) is 3.42. The quantitative estimate of drug-likeness (QED) is 0.517. The molecule has 0 bridgehead atoms. The van der Waals surface area contributed by atoms with Crippen molar-refractivity contribution >= 4 is 14.9 Å². The summed E-state index contributed by atoms with van der Waals surface area (Å²) < 4.78 is 4.96. The predicted octanol–water partition coefficient (Wildman–Crippen LogP) is -0.0895. The molecule has 1 heterocycles. The van der Waals surface area contributed by atoms with Crippen LogP contribution in [0.3, 0.4) is 0 Å². The summed E-state index contributed by atoms with van der Waals surface area (Å²) in [4.78, 5) is 10.8. The fourth-order valence-corrected chi connectivity index (χ4v) is 2.37. The van der Waals surface area contributed by atoms with Gasteiger partial charge in [-0.25, -0.2) is 0 Å². The topological polar surface area (TPSA) is 26.3 Å². The summed E-state index contributed by atoms with van der Waals surface area (Å²) in [6.07, 6.45) is 0.739. The van der Waals surface area contributed by atoms with Gasteiger partial charge in [-0.3, -0.25) is 0 Å². The number of carbonyl (C=O) groups excluding carboxylic acids is 1. The Kier molecular flexibility index (Phi) is 2.42. The van der Waals surface area contributed by atoms with Gasteiger partial charge in [-0.1, -0.05) is 6.92 Å². The third kappa shape index (κ3) is 1.91. The molecular weight excluding hydrogens is 132 g/mol. The Morgan fingerprint density at radius 3 is 2.78 bits per heavy atom. The van der Waals surface area contributed by atoms with Crippen LogP contribution in [0.5, 0.6) is 0 Å². The molecule has 0 aromatic carbocycles. The van der Waals surface area contributed by atoms with Gasteiger partial charge in [0, 0.05) is 18.8 Å². The molecular formula is C6H12O2Si. The first-order valence-corrected chi connectivity index (χ1v) is 4.94. The van der Waals surface area contributed by atoms with Crippen LogP contribution in [0.25, 0.3) is 0 Å². The van der Waals surface area contributed by atoms with E-state index in [1.165, 1.54) is 0 Å². The molecule has 0 saturated carbocycles. The minimum absolute atomic E-state index is 0.417. The van der Waals surface area contributed by atoms with Gasteiger partial charge in [-0.05, 0) is 6.42 Å². The van der Waals surface area contributed by atoms with Crippen molar-refractivity contribution in [1.82, 2.24) is 0 Å². The molecule has 0 radical (unpaired) electrons. The zero-order valence-corrected chi connectivity index (χ0v) is 7.14. The summed E-state index contributed by atoms with van der Waals surface area (Å²) in [5.74, 6) is 0. The maximum absolute atomic E-state index is 10.8. The lowest BCUT2D eigenvalue weighted by Gasteiger charge is -2.24. The average molecular weight is 144 g/mol. The molecule has 0 atom stereocenters. The highest BCUT2D eigenvalue weighted by atomic mass is 28.2. The zero-order chi connectivity index (χ0) is 6.69. The molecule has 52 valence electrons. The van der Waals surface area contributed by atoms with E-state index >= 15 is 0 Å². The molecule has 0 N–H and O–H groups in total. The first kappa shape index (κ1) is 6.96. The molecule has 0 spiro atoms. The number of hydrogen-bond acceptors (Lipinski definition) is 2. The van der Waals surface area contributed by atoms with Crippen LogP contribution in [-0.4, -0.2) is 28.1 Å². The van der Waals surface area contributed by atoms with E-state index in [2.05, 4.69) is 0 Å². The van der Waals surface area contributed by atoms with E-state index in [9.17, 15) is 4.79 Å². The van der Waals surface area contributed by atoms with Crippen LogP contribution in [-0.2, 0) is 9.53 Å². The molecule has 3 heteroatoms. The lowest BCUT2D eigenvalue weighted by molar-refractivity contribution is -0.112. The third-order valence-corrected chi connectivity index (χ3v) is 3.62. The summed E-state index contributed by atoms with van der Waals surface area (Å²) >= 11 is 0. The van der Waals surface area contributed by atoms with Gasteiger partial charge in [0.05, 0.1) is 0 Å². The van der Waals surface area contributed by atoms with Gasteiger partial charge in [0.25, 0.3) is 0 Å². The normalized spacial score (nSPS) is 20.6. The van der Waals surface area contributed by atoms with Crippen molar-refractivity contribution in [2.75, 3.05) is 13.2 Å². The van der Waals surface area contributed by atoms with Crippen molar-refractivity contribution in [3.8, 4) is 0 Å². The third-order valence-electron chi connectivity index (χ3n) is 1.62. The molecule has 1 aliphatic rings. The SMILES string of the molecule is CCC(=O)[SiH2]C1COC1. The van der Waals surface area contributed by atoms with Crippen LogP contribution in [0.1, 0.15) is 13.3 Å². The van der Waals surface area contributed by atoms with Crippen molar-refractivity contribution in [2.24, 2.45) is 0 Å². The van der Waals surface area contributed by atoms with Gasteiger partial charge in [-0.15, -0.1) is 0 Å². The van der Waals surface area contributed by atoms with E-state index in [1.54, 1.807) is 0 Å². The smallest absolute Gasteiger partial charge is 0.108 e. The molecule has 1 fully saturated rings. The number of rotatable bonds is 3. The van der Waals surface area contributed by atoms with Gasteiger partial charge in [0.15, 0.2) is 0 Å². The van der Waals surface area contributed by atoms with Gasteiger partial charge in [0.1, 0.15) is 14.9 Å². The molecule has 1 saturated heterocycles. The fraction of sp³-hybridized carbons (Fsp3) is 0.833. The lowest BCUT2D eigenvalue weighted by atomic mass is 10.4. The van der Waals surface area contributed by atoms with Gasteiger partial charge < -0.3 is 9.53 Å². The van der Waals surface area contributed by atoms with Crippen molar-refractivity contribution in [3.05, 3.63) is 0 Å². The minimum Gasteiger partial charge on any atom is -0.381 e. The highest BCUT2D eigenvalue weighted by molar-refractivity contribution is 6.75. The van der Waals surface area contributed by atoms with Crippen LogP contribution in [0.15, 0.2) is 0 Å². The Balaban J connectivity index is 2.09. The molecule has 0 aromatic rings. The lowest BCUT2D eigenvalue weighted by Crippen LogP contribution is -2.30. The largest absolute Gasteiger partial charge is 0.381 e. The van der Waals surface area contributed by atoms with Crippen molar-refractivity contribution in [3.63, 3.8) is 0 Å². The van der Waals surface area contributed by atoms with Crippen molar-refractivity contribution in [1.29, 1.82) is 0 Å². The maximum atomic E-state index is 10.8. The second-order valence-electron chi connectivity index (χ2n) is 2.50. The molecule has 0 aliphatic carbocycles. The summed E-state index contributed by atoms with van der Waals surface area (Å²) in [6, 6.07) is 0. The molecule has 2 nitrogen and oxygen atoms in total. The van der Waals surface area contributed by atoms with Crippen molar-refractivity contribution < 1.29 is 9.53 Å². The molecule has 0 amide bonds. The average Bonchev–Trinajstić information content (AvgIpc) is 1.78. The Morgan fingerprint density at radius 2 is 2.44 bits per heavy atom. The van der Waals surface area contributed by atoms with Gasteiger partial charge in [0.2, 0.25) is 0 Å². The highest BCUT2D eigenvalue weighted by Crippen LogP contribution is 2.14. The Labute approximate surface area is 57.4 Å². The van der Waals surface area contributed by atoms with Gasteiger partial charge >= 0.3 is 0 Å². The predicted molar refractivity (Wildman–Crippen MR) is 38.4 cm³/mol. The fourth-order valence-electron chi connectivity index (χ4n) is 0.869. The number of hydrogen-bond donors (Lipinski definition) is 0. The molecule has 1 rings (SSSR count). The van der Waals surface area contributed by atoms with E-state index in [0.717, 1.165) is 19.6 Å². The van der Waals surface area contributed by atoms with Gasteiger partial charge in [-0.2, -0.15) is 0 Å². The second kappa shape index (κ2) is 3.13. The Hall–Kier alpha value is -0.153. The molecule has 0 aromatic heterocycles. The number of ether oxygens (including phenoxy) is 1. The zero-order valence-electron chi connectivity index (χ0n) is 5.72. The molecule has 1 aliphatic heterocycles. The van der Waals surface area contributed by atoms with E-state index < -0.39 is 9.52 Å². The van der Waals surface area contributed by atoms with Crippen LogP contribution in [0, 0.1) is 0 Å². The van der Waals surface area contributed by atoms with E-state index in [1.807, 2.05) is 6.92 Å².